The Labute approximate surface area is 116 Å². The molecule has 6 heteroatoms. The Kier molecular flexibility index (Phi) is 5.46. The highest BCUT2D eigenvalue weighted by molar-refractivity contribution is 6.00. The van der Waals surface area contributed by atoms with Gasteiger partial charge in [0.25, 0.3) is 0 Å². The molecule has 6 nitrogen and oxygen atoms in total. The number of esters is 2. The van der Waals surface area contributed by atoms with Crippen molar-refractivity contribution >= 4 is 23.9 Å². The maximum absolute atomic E-state index is 11.6. The molecule has 1 aromatic rings. The summed E-state index contributed by atoms with van der Waals surface area (Å²) in [5, 5.41) is 2.70. The Hall–Kier alpha value is -2.63. The molecule has 0 atom stereocenters. The van der Waals surface area contributed by atoms with Crippen molar-refractivity contribution in [3.63, 3.8) is 0 Å². The van der Waals surface area contributed by atoms with Crippen LogP contribution in [0.5, 0.6) is 0 Å². The highest BCUT2D eigenvalue weighted by atomic mass is 16.5. The molecule has 0 saturated heterocycles. The molecule has 0 aliphatic rings. The van der Waals surface area contributed by atoms with Crippen LogP contribution in [0.15, 0.2) is 30.0 Å². The van der Waals surface area contributed by atoms with Crippen molar-refractivity contribution in [1.29, 1.82) is 0 Å². The maximum atomic E-state index is 11.6. The first-order chi connectivity index (χ1) is 9.51. The van der Waals surface area contributed by atoms with Gasteiger partial charge in [-0.2, -0.15) is 0 Å². The third-order valence-corrected chi connectivity index (χ3v) is 2.47. The van der Waals surface area contributed by atoms with E-state index in [9.17, 15) is 14.4 Å². The summed E-state index contributed by atoms with van der Waals surface area (Å²) in [5.74, 6) is -1.45. The molecule has 0 unspecified atom stereocenters. The molecular formula is C14H15NO5. The van der Waals surface area contributed by atoms with Crippen LogP contribution in [0, 0.1) is 6.92 Å². The van der Waals surface area contributed by atoms with E-state index in [-0.39, 0.29) is 5.70 Å². The summed E-state index contributed by atoms with van der Waals surface area (Å²) in [6.07, 6.45) is 1.61. The largest absolute Gasteiger partial charge is 0.466 e. The number of anilines is 1. The normalized spacial score (nSPS) is 10.7. The molecule has 0 radical (unpaired) electrons. The van der Waals surface area contributed by atoms with Crippen LogP contribution in [0.3, 0.4) is 0 Å². The van der Waals surface area contributed by atoms with Crippen LogP contribution in [0.4, 0.5) is 5.69 Å². The van der Waals surface area contributed by atoms with E-state index in [0.717, 1.165) is 11.6 Å². The fourth-order valence-corrected chi connectivity index (χ4v) is 1.47. The molecule has 1 rings (SSSR count). The number of carbonyl (C=O) groups excluding carboxylic acids is 3. The van der Waals surface area contributed by atoms with E-state index in [1.165, 1.54) is 14.2 Å². The summed E-state index contributed by atoms with van der Waals surface area (Å²) in [6, 6.07) is 5.05. The van der Waals surface area contributed by atoms with Crippen LogP contribution in [-0.2, 0) is 19.1 Å². The van der Waals surface area contributed by atoms with Gasteiger partial charge in [-0.15, -0.1) is 0 Å². The predicted octanol–water partition coefficient (Wildman–Crippen LogP) is 1.45. The minimum atomic E-state index is -0.743. The summed E-state index contributed by atoms with van der Waals surface area (Å²) < 4.78 is 9.02. The molecule has 106 valence electrons. The number of ether oxygens (including phenoxy) is 2. The van der Waals surface area contributed by atoms with Crippen LogP contribution >= 0.6 is 0 Å². The number of benzene rings is 1. The molecule has 1 N–H and O–H groups in total. The van der Waals surface area contributed by atoms with Gasteiger partial charge >= 0.3 is 11.9 Å². The first-order valence-electron chi connectivity index (χ1n) is 5.72. The van der Waals surface area contributed by atoms with E-state index in [4.69, 9.17) is 0 Å². The highest BCUT2D eigenvalue weighted by Crippen LogP contribution is 2.18. The van der Waals surface area contributed by atoms with Gasteiger partial charge in [-0.05, 0) is 19.1 Å². The number of methoxy groups -OCH3 is 2. The van der Waals surface area contributed by atoms with Crippen molar-refractivity contribution in [1.82, 2.24) is 0 Å². The molecule has 0 aliphatic heterocycles. The standard InChI is InChI=1S/C14H15NO5/c1-9-4-5-11(10(6-9)8-16)15-12(14(18)20-3)7-13(17)19-2/h4-8,15H,1-3H3/b12-7+. The zero-order valence-corrected chi connectivity index (χ0v) is 11.4. The second kappa shape index (κ2) is 7.08. The first-order valence-corrected chi connectivity index (χ1v) is 5.72. The lowest BCUT2D eigenvalue weighted by atomic mass is 10.1. The summed E-state index contributed by atoms with van der Waals surface area (Å²) in [7, 11) is 2.38. The number of hydrogen-bond acceptors (Lipinski definition) is 6. The van der Waals surface area contributed by atoms with Gasteiger partial charge < -0.3 is 14.8 Å². The Morgan fingerprint density at radius 3 is 2.45 bits per heavy atom. The minimum absolute atomic E-state index is 0.119. The van der Waals surface area contributed by atoms with Crippen molar-refractivity contribution in [2.45, 2.75) is 6.92 Å². The summed E-state index contributed by atoms with van der Waals surface area (Å²) in [6.45, 7) is 1.84. The number of nitrogens with one attached hydrogen (secondary N) is 1. The van der Waals surface area contributed by atoms with Crippen molar-refractivity contribution < 1.29 is 23.9 Å². The first kappa shape index (κ1) is 15.4. The zero-order valence-electron chi connectivity index (χ0n) is 11.4. The predicted molar refractivity (Wildman–Crippen MR) is 72.3 cm³/mol. The Morgan fingerprint density at radius 1 is 1.20 bits per heavy atom. The van der Waals surface area contributed by atoms with Crippen molar-refractivity contribution in [2.75, 3.05) is 19.5 Å². The van der Waals surface area contributed by atoms with Crippen molar-refractivity contribution in [3.8, 4) is 0 Å². The Bertz CT molecular complexity index is 563. The average molecular weight is 277 g/mol. The second-order valence-electron chi connectivity index (χ2n) is 3.91. The Balaban J connectivity index is 3.13. The SMILES string of the molecule is COC(=O)/C=C(/Nc1ccc(C)cc1C=O)C(=O)OC. The van der Waals surface area contributed by atoms with Gasteiger partial charge in [-0.1, -0.05) is 11.6 Å². The van der Waals surface area contributed by atoms with Gasteiger partial charge in [0.15, 0.2) is 6.29 Å². The molecule has 0 fully saturated rings. The highest BCUT2D eigenvalue weighted by Gasteiger charge is 2.14. The van der Waals surface area contributed by atoms with E-state index in [2.05, 4.69) is 14.8 Å². The van der Waals surface area contributed by atoms with E-state index in [1.54, 1.807) is 18.2 Å². The quantitative estimate of drug-likeness (QED) is 0.498. The van der Waals surface area contributed by atoms with Gasteiger partial charge in [-0.3, -0.25) is 4.79 Å². The lowest BCUT2D eigenvalue weighted by molar-refractivity contribution is -0.138. The number of hydrogen-bond donors (Lipinski definition) is 1. The van der Waals surface area contributed by atoms with Crippen LogP contribution in [0.25, 0.3) is 0 Å². The van der Waals surface area contributed by atoms with E-state index >= 15 is 0 Å². The molecule has 0 aliphatic carbocycles. The van der Waals surface area contributed by atoms with Gasteiger partial charge in [-0.25, -0.2) is 9.59 Å². The molecule has 0 saturated carbocycles. The third kappa shape index (κ3) is 3.94. The Morgan fingerprint density at radius 2 is 1.90 bits per heavy atom. The van der Waals surface area contributed by atoms with Gasteiger partial charge in [0.1, 0.15) is 5.70 Å². The third-order valence-electron chi connectivity index (χ3n) is 2.47. The summed E-state index contributed by atoms with van der Waals surface area (Å²) in [4.78, 5) is 33.8. The van der Waals surface area contributed by atoms with Crippen LogP contribution < -0.4 is 5.32 Å². The van der Waals surface area contributed by atoms with E-state index in [1.807, 2.05) is 6.92 Å². The topological polar surface area (TPSA) is 81.7 Å². The fourth-order valence-electron chi connectivity index (χ4n) is 1.47. The number of aryl methyl sites for hydroxylation is 1. The summed E-state index contributed by atoms with van der Waals surface area (Å²) >= 11 is 0. The average Bonchev–Trinajstić information content (AvgIpc) is 2.46. The van der Waals surface area contributed by atoms with E-state index < -0.39 is 11.9 Å². The van der Waals surface area contributed by atoms with E-state index in [0.29, 0.717) is 17.5 Å². The number of aldehydes is 1. The molecule has 20 heavy (non-hydrogen) atoms. The summed E-state index contributed by atoms with van der Waals surface area (Å²) in [5.41, 5.74) is 1.54. The van der Waals surface area contributed by atoms with Crippen LogP contribution in [-0.4, -0.2) is 32.4 Å². The zero-order chi connectivity index (χ0) is 15.1. The molecular weight excluding hydrogens is 262 g/mol. The van der Waals surface area contributed by atoms with Gasteiger partial charge in [0, 0.05) is 11.3 Å². The molecule has 0 bridgehead atoms. The molecule has 1 aromatic carbocycles. The fraction of sp³-hybridized carbons (Fsp3) is 0.214. The monoisotopic (exact) mass is 277 g/mol. The van der Waals surface area contributed by atoms with Crippen molar-refractivity contribution in [2.24, 2.45) is 0 Å². The number of carbonyl (C=O) groups is 3. The maximum Gasteiger partial charge on any atom is 0.354 e. The lowest BCUT2D eigenvalue weighted by Gasteiger charge is -2.11. The lowest BCUT2D eigenvalue weighted by Crippen LogP contribution is -2.16. The van der Waals surface area contributed by atoms with Crippen molar-refractivity contribution in [3.05, 3.63) is 41.1 Å². The number of rotatable bonds is 5. The molecule has 0 aromatic heterocycles. The van der Waals surface area contributed by atoms with Gasteiger partial charge in [0.05, 0.1) is 20.3 Å². The second-order valence-corrected chi connectivity index (χ2v) is 3.91. The molecule has 0 heterocycles. The molecule has 0 amide bonds. The van der Waals surface area contributed by atoms with Gasteiger partial charge in [0.2, 0.25) is 0 Å². The van der Waals surface area contributed by atoms with Crippen LogP contribution in [0.1, 0.15) is 15.9 Å². The molecule has 0 spiro atoms. The van der Waals surface area contributed by atoms with Crippen LogP contribution in [0.2, 0.25) is 0 Å². The minimum Gasteiger partial charge on any atom is -0.466 e. The smallest absolute Gasteiger partial charge is 0.354 e.